The lowest BCUT2D eigenvalue weighted by atomic mass is 10.1. The number of aromatic amines is 1. The summed E-state index contributed by atoms with van der Waals surface area (Å²) in [5.41, 5.74) is 7.92. The van der Waals surface area contributed by atoms with Gasteiger partial charge in [0.25, 0.3) is 5.56 Å². The van der Waals surface area contributed by atoms with Crippen molar-refractivity contribution < 1.29 is 14.3 Å². The second-order valence-corrected chi connectivity index (χ2v) is 5.64. The summed E-state index contributed by atoms with van der Waals surface area (Å²) in [7, 11) is 0. The van der Waals surface area contributed by atoms with Crippen molar-refractivity contribution in [3.05, 3.63) is 79.4 Å². The van der Waals surface area contributed by atoms with Gasteiger partial charge in [0, 0.05) is 17.2 Å². The maximum Gasteiger partial charge on any atom is 0.338 e. The van der Waals surface area contributed by atoms with Gasteiger partial charge in [-0.05, 0) is 24.1 Å². The second kappa shape index (κ2) is 7.68. The first-order valence-electron chi connectivity index (χ1n) is 7.82. The highest BCUT2D eigenvalue weighted by atomic mass is 16.6. The van der Waals surface area contributed by atoms with E-state index in [1.807, 2.05) is 0 Å². The molecule has 0 radical (unpaired) electrons. The number of carbonyl (C=O) groups is 1. The van der Waals surface area contributed by atoms with E-state index in [2.05, 4.69) is 15.0 Å². The number of rotatable bonds is 5. The first-order valence-corrected chi connectivity index (χ1v) is 7.82. The number of nitrogens with zero attached hydrogens (tertiary/aromatic N) is 4. The largest absolute Gasteiger partial charge is 0.459 e. The van der Waals surface area contributed by atoms with Crippen molar-refractivity contribution in [1.29, 1.82) is 0 Å². The van der Waals surface area contributed by atoms with Crippen molar-refractivity contribution in [2.24, 2.45) is 5.11 Å². The van der Waals surface area contributed by atoms with Crippen molar-refractivity contribution in [2.45, 2.75) is 24.8 Å². The zero-order valence-corrected chi connectivity index (χ0v) is 13.5. The second-order valence-electron chi connectivity index (χ2n) is 5.64. The molecule has 0 bridgehead atoms. The summed E-state index contributed by atoms with van der Waals surface area (Å²) in [5.74, 6) is -0.501. The van der Waals surface area contributed by atoms with E-state index in [0.717, 1.165) is 4.57 Å². The Labute approximate surface area is 146 Å². The smallest absolute Gasteiger partial charge is 0.338 e. The van der Waals surface area contributed by atoms with Crippen molar-refractivity contribution in [3.8, 4) is 0 Å². The molecule has 2 aromatic rings. The maximum absolute atomic E-state index is 12.0. The van der Waals surface area contributed by atoms with E-state index >= 15 is 0 Å². The highest BCUT2D eigenvalue weighted by molar-refractivity contribution is 5.89. The van der Waals surface area contributed by atoms with Crippen molar-refractivity contribution in [1.82, 2.24) is 9.55 Å². The van der Waals surface area contributed by atoms with Crippen LogP contribution in [0, 0.1) is 0 Å². The Balaban J connectivity index is 1.71. The molecule has 1 saturated heterocycles. The minimum Gasteiger partial charge on any atom is -0.459 e. The number of nitrogens with one attached hydrogen (secondary N) is 1. The number of esters is 1. The van der Waals surface area contributed by atoms with E-state index in [9.17, 15) is 14.4 Å². The molecule has 10 nitrogen and oxygen atoms in total. The molecule has 1 N–H and O–H groups in total. The molecule has 0 aliphatic carbocycles. The highest BCUT2D eigenvalue weighted by Gasteiger charge is 2.37. The average molecular weight is 357 g/mol. The Morgan fingerprint density at radius 1 is 1.35 bits per heavy atom. The quantitative estimate of drug-likeness (QED) is 0.372. The average Bonchev–Trinajstić information content (AvgIpc) is 3.03. The molecular weight excluding hydrogens is 342 g/mol. The Kier molecular flexibility index (Phi) is 5.16. The number of aromatic nitrogens is 2. The van der Waals surface area contributed by atoms with Crippen LogP contribution in [0.5, 0.6) is 0 Å². The number of carbonyl (C=O) groups excluding carboxylic acids is 1. The Morgan fingerprint density at radius 3 is 2.81 bits per heavy atom. The minimum atomic E-state index is -0.893. The summed E-state index contributed by atoms with van der Waals surface area (Å²) in [4.78, 5) is 40.0. The lowest BCUT2D eigenvalue weighted by Crippen LogP contribution is -2.34. The Morgan fingerprint density at radius 2 is 2.12 bits per heavy atom. The van der Waals surface area contributed by atoms with Gasteiger partial charge >= 0.3 is 11.7 Å². The third-order valence-corrected chi connectivity index (χ3v) is 3.90. The van der Waals surface area contributed by atoms with Gasteiger partial charge in [-0.1, -0.05) is 23.3 Å². The van der Waals surface area contributed by atoms with Gasteiger partial charge in [0.15, 0.2) is 0 Å². The van der Waals surface area contributed by atoms with Crippen LogP contribution in [0.2, 0.25) is 0 Å². The van der Waals surface area contributed by atoms with E-state index in [0.29, 0.717) is 5.56 Å². The maximum atomic E-state index is 12.0. The van der Waals surface area contributed by atoms with Crippen LogP contribution in [0.4, 0.5) is 0 Å². The molecule has 10 heteroatoms. The zero-order valence-electron chi connectivity index (χ0n) is 13.5. The van der Waals surface area contributed by atoms with Gasteiger partial charge in [0.05, 0.1) is 17.7 Å². The number of hydrogen-bond acceptors (Lipinski definition) is 6. The highest BCUT2D eigenvalue weighted by Crippen LogP contribution is 2.30. The van der Waals surface area contributed by atoms with Crippen LogP contribution in [-0.2, 0) is 9.47 Å². The van der Waals surface area contributed by atoms with Gasteiger partial charge in [-0.2, -0.15) is 0 Å². The van der Waals surface area contributed by atoms with E-state index in [-0.39, 0.29) is 13.0 Å². The number of benzene rings is 1. The summed E-state index contributed by atoms with van der Waals surface area (Å²) in [6.45, 7) is -0.0558. The number of H-pyrrole nitrogens is 1. The van der Waals surface area contributed by atoms with E-state index in [1.165, 1.54) is 12.3 Å². The predicted molar refractivity (Wildman–Crippen MR) is 89.5 cm³/mol. The molecule has 0 saturated carbocycles. The SMILES string of the molecule is [N-]=[N+]=NC1C[C@@H](COC(=O)c2ccccc2)O[C@H]1n1ccc(=O)[nH]c1=O. The van der Waals surface area contributed by atoms with Crippen molar-refractivity contribution in [3.63, 3.8) is 0 Å². The van der Waals surface area contributed by atoms with Crippen molar-refractivity contribution >= 4 is 5.97 Å². The fraction of sp³-hybridized carbons (Fsp3) is 0.312. The summed E-state index contributed by atoms with van der Waals surface area (Å²) in [6.07, 6.45) is 0.0876. The molecule has 1 aliphatic heterocycles. The van der Waals surface area contributed by atoms with Crippen LogP contribution in [-0.4, -0.2) is 34.3 Å². The van der Waals surface area contributed by atoms with Crippen LogP contribution in [0.1, 0.15) is 23.0 Å². The molecule has 1 aromatic heterocycles. The molecule has 1 fully saturated rings. The van der Waals surface area contributed by atoms with Crippen molar-refractivity contribution in [2.75, 3.05) is 6.61 Å². The summed E-state index contributed by atoms with van der Waals surface area (Å²) >= 11 is 0. The zero-order chi connectivity index (χ0) is 18.5. The van der Waals surface area contributed by atoms with Crippen LogP contribution in [0.25, 0.3) is 10.4 Å². The van der Waals surface area contributed by atoms with Gasteiger partial charge in [0.2, 0.25) is 0 Å². The normalized spacial score (nSPS) is 21.8. The van der Waals surface area contributed by atoms with E-state index in [4.69, 9.17) is 15.0 Å². The van der Waals surface area contributed by atoms with Gasteiger partial charge in [-0.3, -0.25) is 14.3 Å². The summed E-state index contributed by atoms with van der Waals surface area (Å²) in [5, 5.41) is 3.64. The third-order valence-electron chi connectivity index (χ3n) is 3.90. The van der Waals surface area contributed by atoms with Gasteiger partial charge in [0.1, 0.15) is 12.8 Å². The molecule has 26 heavy (non-hydrogen) atoms. The van der Waals surface area contributed by atoms with E-state index < -0.39 is 35.6 Å². The van der Waals surface area contributed by atoms with Gasteiger partial charge < -0.3 is 9.47 Å². The summed E-state index contributed by atoms with van der Waals surface area (Å²) in [6, 6.07) is 8.97. The summed E-state index contributed by atoms with van der Waals surface area (Å²) < 4.78 is 12.1. The van der Waals surface area contributed by atoms with Crippen LogP contribution in [0.3, 0.4) is 0 Å². The fourth-order valence-electron chi connectivity index (χ4n) is 2.71. The van der Waals surface area contributed by atoms with Crippen LogP contribution in [0.15, 0.2) is 57.3 Å². The molecule has 3 rings (SSSR count). The van der Waals surface area contributed by atoms with E-state index in [1.54, 1.807) is 30.3 Å². The molecule has 2 heterocycles. The fourth-order valence-corrected chi connectivity index (χ4v) is 2.71. The Bertz CT molecular complexity index is 947. The molecule has 1 aliphatic rings. The van der Waals surface area contributed by atoms with Gasteiger partial charge in [-0.15, -0.1) is 0 Å². The number of ether oxygens (including phenoxy) is 2. The number of hydrogen-bond donors (Lipinski definition) is 1. The molecule has 1 aromatic carbocycles. The molecule has 0 spiro atoms. The third kappa shape index (κ3) is 3.82. The molecular formula is C16H15N5O5. The predicted octanol–water partition coefficient (Wildman–Crippen LogP) is 1.36. The lowest BCUT2D eigenvalue weighted by molar-refractivity contribution is -0.0365. The first kappa shape index (κ1) is 17.5. The molecule has 3 atom stereocenters. The Hall–Kier alpha value is -3.36. The standard InChI is InChI=1S/C16H15N5O5/c17-20-19-12-8-11(9-25-15(23)10-4-2-1-3-5-10)26-14(12)21-7-6-13(22)18-16(21)24/h1-7,11-12,14H,8-9H2,(H,18,22,24)/t11-,12?,14+/m0/s1. The van der Waals surface area contributed by atoms with Crippen LogP contribution >= 0.6 is 0 Å². The molecule has 0 amide bonds. The molecule has 1 unspecified atom stereocenters. The topological polar surface area (TPSA) is 139 Å². The lowest BCUT2D eigenvalue weighted by Gasteiger charge is -2.17. The molecule has 134 valence electrons. The van der Waals surface area contributed by atoms with Gasteiger partial charge in [-0.25, -0.2) is 9.59 Å². The monoisotopic (exact) mass is 357 g/mol. The minimum absolute atomic E-state index is 0.0558. The van der Waals surface area contributed by atoms with Crippen LogP contribution < -0.4 is 11.2 Å². The number of azide groups is 1. The first-order chi connectivity index (χ1) is 12.6.